The van der Waals surface area contributed by atoms with E-state index < -0.39 is 6.04 Å². The van der Waals surface area contributed by atoms with Crippen LogP contribution in [0.15, 0.2) is 48.5 Å². The highest BCUT2D eigenvalue weighted by Gasteiger charge is 2.22. The van der Waals surface area contributed by atoms with Crippen LogP contribution in [-0.4, -0.2) is 17.7 Å². The van der Waals surface area contributed by atoms with Crippen molar-refractivity contribution in [2.45, 2.75) is 26.3 Å². The number of nitrogens with one attached hydrogen (secondary N) is 1. The lowest BCUT2D eigenvalue weighted by Crippen LogP contribution is -2.40. The maximum Gasteiger partial charge on any atom is 0.241 e. The molecule has 0 heterocycles. The van der Waals surface area contributed by atoms with E-state index in [1.807, 2.05) is 19.9 Å². The van der Waals surface area contributed by atoms with Crippen LogP contribution in [0.25, 0.3) is 0 Å². The van der Waals surface area contributed by atoms with Crippen molar-refractivity contribution in [3.05, 3.63) is 64.7 Å². The number of ketones is 1. The van der Waals surface area contributed by atoms with E-state index in [-0.39, 0.29) is 17.6 Å². The van der Waals surface area contributed by atoms with Crippen molar-refractivity contribution in [1.29, 1.82) is 0 Å². The number of anilines is 1. The summed E-state index contributed by atoms with van der Waals surface area (Å²) in [4.78, 5) is 25.0. The number of halogens is 1. The molecule has 126 valence electrons. The number of benzene rings is 2. The largest absolute Gasteiger partial charge is 0.324 e. The molecule has 4 nitrogen and oxygen atoms in total. The predicted molar refractivity (Wildman–Crippen MR) is 97.4 cm³/mol. The lowest BCUT2D eigenvalue weighted by molar-refractivity contribution is -0.118. The molecule has 2 rings (SSSR count). The van der Waals surface area contributed by atoms with E-state index in [9.17, 15) is 9.59 Å². The van der Waals surface area contributed by atoms with Crippen LogP contribution in [0.5, 0.6) is 0 Å². The zero-order chi connectivity index (χ0) is 17.7. The second-order valence-electron chi connectivity index (χ2n) is 5.79. The van der Waals surface area contributed by atoms with Crippen molar-refractivity contribution < 1.29 is 9.59 Å². The summed E-state index contributed by atoms with van der Waals surface area (Å²) in [7, 11) is 0. The van der Waals surface area contributed by atoms with Crippen LogP contribution in [0.2, 0.25) is 5.02 Å². The topological polar surface area (TPSA) is 72.2 Å². The standard InChI is InChI=1S/C19H21ClN2O2/c1-3-12(2)17(21)19(24)22-16-11-14(20)9-10-15(16)18(23)13-7-5-4-6-8-13/h4-12,17H,3,21H2,1-2H3,(H,22,24). The normalized spacial score (nSPS) is 13.2. The van der Waals surface area contributed by atoms with Crippen LogP contribution in [0.3, 0.4) is 0 Å². The Bertz CT molecular complexity index is 731. The predicted octanol–water partition coefficient (Wildman–Crippen LogP) is 3.88. The summed E-state index contributed by atoms with van der Waals surface area (Å²) >= 11 is 6.03. The lowest BCUT2D eigenvalue weighted by Gasteiger charge is -2.19. The second-order valence-corrected chi connectivity index (χ2v) is 6.22. The van der Waals surface area contributed by atoms with Crippen LogP contribution in [0, 0.1) is 5.92 Å². The molecule has 24 heavy (non-hydrogen) atoms. The van der Waals surface area contributed by atoms with Crippen LogP contribution in [0.4, 0.5) is 5.69 Å². The molecule has 2 unspecified atom stereocenters. The van der Waals surface area contributed by atoms with Gasteiger partial charge in [-0.15, -0.1) is 0 Å². The summed E-state index contributed by atoms with van der Waals surface area (Å²) < 4.78 is 0. The smallest absolute Gasteiger partial charge is 0.241 e. The lowest BCUT2D eigenvalue weighted by atomic mass is 9.98. The van der Waals surface area contributed by atoms with Crippen molar-refractivity contribution in [3.63, 3.8) is 0 Å². The maximum atomic E-state index is 12.7. The average molecular weight is 345 g/mol. The number of hydrogen-bond acceptors (Lipinski definition) is 3. The molecule has 0 aliphatic carbocycles. The highest BCUT2D eigenvalue weighted by molar-refractivity contribution is 6.31. The quantitative estimate of drug-likeness (QED) is 0.781. The zero-order valence-corrected chi connectivity index (χ0v) is 14.5. The minimum atomic E-state index is -0.645. The Morgan fingerprint density at radius 3 is 2.46 bits per heavy atom. The fourth-order valence-electron chi connectivity index (χ4n) is 2.29. The molecular formula is C19H21ClN2O2. The van der Waals surface area contributed by atoms with Crippen LogP contribution < -0.4 is 11.1 Å². The first-order valence-corrected chi connectivity index (χ1v) is 8.27. The highest BCUT2D eigenvalue weighted by atomic mass is 35.5. The molecule has 2 aromatic carbocycles. The van der Waals surface area contributed by atoms with Crippen molar-refractivity contribution in [2.24, 2.45) is 11.7 Å². The third-order valence-corrected chi connectivity index (χ3v) is 4.31. The van der Waals surface area contributed by atoms with Gasteiger partial charge in [-0.05, 0) is 24.1 Å². The Balaban J connectivity index is 2.32. The molecule has 0 saturated carbocycles. The van der Waals surface area contributed by atoms with Gasteiger partial charge in [-0.3, -0.25) is 9.59 Å². The maximum absolute atomic E-state index is 12.7. The molecule has 0 fully saturated rings. The number of nitrogens with two attached hydrogens (primary N) is 1. The fourth-order valence-corrected chi connectivity index (χ4v) is 2.46. The van der Waals surface area contributed by atoms with E-state index >= 15 is 0 Å². The van der Waals surface area contributed by atoms with Gasteiger partial charge in [-0.25, -0.2) is 0 Å². The second kappa shape index (κ2) is 8.08. The average Bonchev–Trinajstić information content (AvgIpc) is 2.60. The summed E-state index contributed by atoms with van der Waals surface area (Å²) in [6.07, 6.45) is 0.792. The minimum absolute atomic E-state index is 0.0393. The van der Waals surface area contributed by atoms with E-state index in [0.717, 1.165) is 6.42 Å². The van der Waals surface area contributed by atoms with Gasteiger partial charge in [-0.2, -0.15) is 0 Å². The van der Waals surface area contributed by atoms with Crippen molar-refractivity contribution in [3.8, 4) is 0 Å². The number of amides is 1. The molecule has 0 radical (unpaired) electrons. The Hall–Kier alpha value is -2.17. The van der Waals surface area contributed by atoms with Gasteiger partial charge >= 0.3 is 0 Å². The molecule has 0 aliphatic rings. The first-order chi connectivity index (χ1) is 11.4. The van der Waals surface area contributed by atoms with Gasteiger partial charge in [0, 0.05) is 16.1 Å². The van der Waals surface area contributed by atoms with E-state index in [0.29, 0.717) is 21.8 Å². The molecule has 2 atom stereocenters. The summed E-state index contributed by atoms with van der Waals surface area (Å²) in [6.45, 7) is 3.89. The van der Waals surface area contributed by atoms with Crippen molar-refractivity contribution in [1.82, 2.24) is 0 Å². The minimum Gasteiger partial charge on any atom is -0.324 e. The van der Waals surface area contributed by atoms with Gasteiger partial charge < -0.3 is 11.1 Å². The molecule has 0 spiro atoms. The third-order valence-electron chi connectivity index (χ3n) is 4.08. The van der Waals surface area contributed by atoms with Crippen LogP contribution >= 0.6 is 11.6 Å². The molecule has 1 amide bonds. The number of carbonyl (C=O) groups excluding carboxylic acids is 2. The summed E-state index contributed by atoms with van der Waals surface area (Å²) in [5, 5.41) is 3.18. The first kappa shape index (κ1) is 18.2. The molecule has 2 aromatic rings. The zero-order valence-electron chi connectivity index (χ0n) is 13.8. The molecule has 3 N–H and O–H groups in total. The van der Waals surface area contributed by atoms with Gasteiger partial charge in [0.15, 0.2) is 5.78 Å². The van der Waals surface area contributed by atoms with Crippen molar-refractivity contribution >= 4 is 29.0 Å². The first-order valence-electron chi connectivity index (χ1n) is 7.89. The van der Waals surface area contributed by atoms with E-state index in [1.54, 1.807) is 42.5 Å². The van der Waals surface area contributed by atoms with Gasteiger partial charge in [-0.1, -0.05) is 62.2 Å². The monoisotopic (exact) mass is 344 g/mol. The third kappa shape index (κ3) is 4.22. The summed E-state index contributed by atoms with van der Waals surface area (Å²) in [5.74, 6) is -0.467. The van der Waals surface area contributed by atoms with Gasteiger partial charge in [0.1, 0.15) is 0 Å². The molecule has 0 bridgehead atoms. The fraction of sp³-hybridized carbons (Fsp3) is 0.263. The number of rotatable bonds is 6. The van der Waals surface area contributed by atoms with E-state index in [2.05, 4.69) is 5.32 Å². The Labute approximate surface area is 147 Å². The molecule has 0 aromatic heterocycles. The van der Waals surface area contributed by atoms with Gasteiger partial charge in [0.2, 0.25) is 5.91 Å². The SMILES string of the molecule is CCC(C)C(N)C(=O)Nc1cc(Cl)ccc1C(=O)c1ccccc1. The van der Waals surface area contributed by atoms with Crippen LogP contribution in [0.1, 0.15) is 36.2 Å². The van der Waals surface area contributed by atoms with Gasteiger partial charge in [0.25, 0.3) is 0 Å². The Kier molecular flexibility index (Phi) is 6.12. The molecule has 5 heteroatoms. The van der Waals surface area contributed by atoms with E-state index in [4.69, 9.17) is 17.3 Å². The number of hydrogen-bond donors (Lipinski definition) is 2. The Morgan fingerprint density at radius 1 is 1.17 bits per heavy atom. The molecule has 0 aliphatic heterocycles. The molecule has 0 saturated heterocycles. The summed E-state index contributed by atoms with van der Waals surface area (Å²) in [5.41, 5.74) is 7.27. The van der Waals surface area contributed by atoms with E-state index in [1.165, 1.54) is 0 Å². The Morgan fingerprint density at radius 2 is 1.83 bits per heavy atom. The van der Waals surface area contributed by atoms with Gasteiger partial charge in [0.05, 0.1) is 11.7 Å². The highest BCUT2D eigenvalue weighted by Crippen LogP contribution is 2.24. The number of carbonyl (C=O) groups is 2. The molecular weight excluding hydrogens is 324 g/mol. The van der Waals surface area contributed by atoms with Crippen LogP contribution in [-0.2, 0) is 4.79 Å². The summed E-state index contributed by atoms with van der Waals surface area (Å²) in [6, 6.07) is 13.0. The van der Waals surface area contributed by atoms with Crippen molar-refractivity contribution in [2.75, 3.05) is 5.32 Å².